The van der Waals surface area contributed by atoms with Gasteiger partial charge in [0, 0.05) is 17.3 Å². The summed E-state index contributed by atoms with van der Waals surface area (Å²) in [7, 11) is 1.60. The van der Waals surface area contributed by atoms with Gasteiger partial charge in [-0.05, 0) is 42.9 Å². The van der Waals surface area contributed by atoms with Crippen molar-refractivity contribution in [2.24, 2.45) is 0 Å². The van der Waals surface area contributed by atoms with Crippen molar-refractivity contribution in [1.29, 1.82) is 0 Å². The third kappa shape index (κ3) is 4.03. The van der Waals surface area contributed by atoms with Gasteiger partial charge in [0.05, 0.1) is 7.11 Å². The summed E-state index contributed by atoms with van der Waals surface area (Å²) >= 11 is 5.17. The highest BCUT2D eigenvalue weighted by Gasteiger charge is 2.08. The normalized spacial score (nSPS) is 9.81. The second-order valence-electron chi connectivity index (χ2n) is 4.46. The van der Waals surface area contributed by atoms with Crippen LogP contribution in [0, 0.1) is 6.92 Å². The molecule has 0 saturated heterocycles. The number of hydrogen-bond donors (Lipinski definition) is 2. The number of ether oxygens (including phenoxy) is 1. The van der Waals surface area contributed by atoms with Gasteiger partial charge in [0.1, 0.15) is 5.75 Å². The topological polar surface area (TPSA) is 50.4 Å². The van der Waals surface area contributed by atoms with Gasteiger partial charge in [0.25, 0.3) is 5.91 Å². The first-order chi connectivity index (χ1) is 10.1. The second-order valence-corrected chi connectivity index (χ2v) is 4.86. The van der Waals surface area contributed by atoms with E-state index in [1.165, 1.54) is 0 Å². The fourth-order valence-electron chi connectivity index (χ4n) is 1.78. The lowest BCUT2D eigenvalue weighted by Crippen LogP contribution is -2.34. The summed E-state index contributed by atoms with van der Waals surface area (Å²) < 4.78 is 5.17. The Hall–Kier alpha value is -2.40. The summed E-state index contributed by atoms with van der Waals surface area (Å²) in [6.45, 7) is 1.95. The first-order valence-electron chi connectivity index (χ1n) is 6.42. The molecule has 4 nitrogen and oxygen atoms in total. The maximum absolute atomic E-state index is 12.0. The average molecular weight is 300 g/mol. The Balaban J connectivity index is 2.04. The molecule has 5 heteroatoms. The van der Waals surface area contributed by atoms with Gasteiger partial charge >= 0.3 is 0 Å². The Bertz CT molecular complexity index is 657. The number of amides is 1. The number of anilines is 1. The molecule has 0 unspecified atom stereocenters. The van der Waals surface area contributed by atoms with Gasteiger partial charge in [0.15, 0.2) is 5.11 Å². The van der Waals surface area contributed by atoms with Crippen LogP contribution >= 0.6 is 12.2 Å². The molecular weight excluding hydrogens is 284 g/mol. The summed E-state index contributed by atoms with van der Waals surface area (Å²) in [6.07, 6.45) is 0. The van der Waals surface area contributed by atoms with E-state index < -0.39 is 0 Å². The number of rotatable bonds is 3. The largest absolute Gasteiger partial charge is 0.497 e. The van der Waals surface area contributed by atoms with E-state index in [0.29, 0.717) is 5.56 Å². The molecule has 0 heterocycles. The minimum absolute atomic E-state index is 0.242. The number of hydrogen-bond acceptors (Lipinski definition) is 3. The first kappa shape index (κ1) is 15.0. The molecule has 0 spiro atoms. The van der Waals surface area contributed by atoms with Crippen molar-refractivity contribution in [2.45, 2.75) is 6.92 Å². The quantitative estimate of drug-likeness (QED) is 0.855. The van der Waals surface area contributed by atoms with Gasteiger partial charge < -0.3 is 10.1 Å². The molecular formula is C16H16N2O2S. The molecule has 0 aliphatic rings. The predicted molar refractivity (Wildman–Crippen MR) is 87.9 cm³/mol. The van der Waals surface area contributed by atoms with Crippen LogP contribution in [0.1, 0.15) is 15.9 Å². The number of methoxy groups -OCH3 is 1. The maximum atomic E-state index is 12.0. The Morgan fingerprint density at radius 2 is 1.86 bits per heavy atom. The fraction of sp³-hybridized carbons (Fsp3) is 0.125. The molecule has 21 heavy (non-hydrogen) atoms. The van der Waals surface area contributed by atoms with Crippen LogP contribution in [-0.4, -0.2) is 18.1 Å². The summed E-state index contributed by atoms with van der Waals surface area (Å²) in [5.41, 5.74) is 2.36. The molecule has 2 aromatic carbocycles. The number of thiocarbonyl (C=S) groups is 1. The van der Waals surface area contributed by atoms with Crippen molar-refractivity contribution in [1.82, 2.24) is 5.32 Å². The molecule has 0 aliphatic carbocycles. The average Bonchev–Trinajstić information content (AvgIpc) is 2.50. The lowest BCUT2D eigenvalue weighted by atomic mass is 10.2. The van der Waals surface area contributed by atoms with Crippen LogP contribution in [0.5, 0.6) is 5.75 Å². The minimum Gasteiger partial charge on any atom is -0.497 e. The smallest absolute Gasteiger partial charge is 0.257 e. The standard InChI is InChI=1S/C16H16N2O2S/c1-11-8-9-13(20-2)10-14(11)17-16(21)18-15(19)12-6-4-3-5-7-12/h3-10H,1-2H3,(H2,17,18,19,21). The van der Waals surface area contributed by atoms with E-state index in [2.05, 4.69) is 10.6 Å². The SMILES string of the molecule is COc1ccc(C)c(NC(=S)NC(=O)c2ccccc2)c1. The molecule has 2 N–H and O–H groups in total. The lowest BCUT2D eigenvalue weighted by Gasteiger charge is -2.13. The van der Waals surface area contributed by atoms with Gasteiger partial charge in [0.2, 0.25) is 0 Å². The Morgan fingerprint density at radius 3 is 2.52 bits per heavy atom. The number of nitrogens with one attached hydrogen (secondary N) is 2. The maximum Gasteiger partial charge on any atom is 0.257 e. The van der Waals surface area contributed by atoms with E-state index in [1.54, 1.807) is 31.4 Å². The number of carbonyl (C=O) groups excluding carboxylic acids is 1. The van der Waals surface area contributed by atoms with Crippen molar-refractivity contribution in [2.75, 3.05) is 12.4 Å². The molecule has 2 rings (SSSR count). The molecule has 1 amide bonds. The van der Waals surface area contributed by atoms with Crippen molar-refractivity contribution < 1.29 is 9.53 Å². The highest BCUT2D eigenvalue weighted by Crippen LogP contribution is 2.21. The fourth-order valence-corrected chi connectivity index (χ4v) is 1.98. The zero-order valence-electron chi connectivity index (χ0n) is 11.8. The summed E-state index contributed by atoms with van der Waals surface area (Å²) in [5, 5.41) is 5.91. The van der Waals surface area contributed by atoms with Gasteiger partial charge in [-0.15, -0.1) is 0 Å². The van der Waals surface area contributed by atoms with Crippen LogP contribution in [0.2, 0.25) is 0 Å². The molecule has 0 atom stereocenters. The molecule has 0 saturated carbocycles. The molecule has 0 radical (unpaired) electrons. The van der Waals surface area contributed by atoms with Crippen molar-refractivity contribution in [3.8, 4) is 5.75 Å². The van der Waals surface area contributed by atoms with Crippen LogP contribution in [0.3, 0.4) is 0 Å². The Labute approximate surface area is 129 Å². The van der Waals surface area contributed by atoms with Crippen molar-refractivity contribution in [3.05, 3.63) is 59.7 Å². The summed E-state index contributed by atoms with van der Waals surface area (Å²) in [5.74, 6) is 0.480. The van der Waals surface area contributed by atoms with E-state index in [0.717, 1.165) is 17.0 Å². The zero-order valence-corrected chi connectivity index (χ0v) is 12.7. The minimum atomic E-state index is -0.242. The van der Waals surface area contributed by atoms with Gasteiger partial charge in [-0.25, -0.2) is 0 Å². The summed E-state index contributed by atoms with van der Waals surface area (Å²) in [4.78, 5) is 12.0. The van der Waals surface area contributed by atoms with Crippen LogP contribution in [0.15, 0.2) is 48.5 Å². The molecule has 108 valence electrons. The molecule has 0 aromatic heterocycles. The third-order valence-corrected chi connectivity index (χ3v) is 3.16. The molecule has 2 aromatic rings. The van der Waals surface area contributed by atoms with E-state index in [4.69, 9.17) is 17.0 Å². The third-order valence-electron chi connectivity index (χ3n) is 2.96. The van der Waals surface area contributed by atoms with Crippen LogP contribution in [0.25, 0.3) is 0 Å². The Morgan fingerprint density at radius 1 is 1.14 bits per heavy atom. The van der Waals surface area contributed by atoms with Crippen molar-refractivity contribution >= 4 is 28.9 Å². The van der Waals surface area contributed by atoms with Gasteiger partial charge in [-0.3, -0.25) is 10.1 Å². The number of benzene rings is 2. The Kier molecular flexibility index (Phi) is 4.90. The first-order valence-corrected chi connectivity index (χ1v) is 6.83. The highest BCUT2D eigenvalue weighted by molar-refractivity contribution is 7.80. The lowest BCUT2D eigenvalue weighted by molar-refractivity contribution is 0.0977. The van der Waals surface area contributed by atoms with Gasteiger partial charge in [-0.1, -0.05) is 24.3 Å². The predicted octanol–water partition coefficient (Wildman–Crippen LogP) is 3.13. The van der Waals surface area contributed by atoms with Crippen LogP contribution in [-0.2, 0) is 0 Å². The van der Waals surface area contributed by atoms with E-state index in [1.807, 2.05) is 31.2 Å². The van der Waals surface area contributed by atoms with Crippen LogP contribution < -0.4 is 15.4 Å². The monoisotopic (exact) mass is 300 g/mol. The molecule has 0 fully saturated rings. The van der Waals surface area contributed by atoms with Crippen LogP contribution in [0.4, 0.5) is 5.69 Å². The van der Waals surface area contributed by atoms with E-state index >= 15 is 0 Å². The van der Waals surface area contributed by atoms with E-state index in [9.17, 15) is 4.79 Å². The van der Waals surface area contributed by atoms with Gasteiger partial charge in [-0.2, -0.15) is 0 Å². The number of aryl methyl sites for hydroxylation is 1. The van der Waals surface area contributed by atoms with E-state index in [-0.39, 0.29) is 11.0 Å². The van der Waals surface area contributed by atoms with Crippen molar-refractivity contribution in [3.63, 3.8) is 0 Å². The highest BCUT2D eigenvalue weighted by atomic mass is 32.1. The number of carbonyl (C=O) groups is 1. The second kappa shape index (κ2) is 6.85. The summed E-state index contributed by atoms with van der Waals surface area (Å²) in [6, 6.07) is 14.5. The molecule has 0 bridgehead atoms. The zero-order chi connectivity index (χ0) is 15.2. The molecule has 0 aliphatic heterocycles.